The van der Waals surface area contributed by atoms with E-state index in [1.165, 1.54) is 0 Å². The van der Waals surface area contributed by atoms with Crippen LogP contribution in [0.2, 0.25) is 0 Å². The van der Waals surface area contributed by atoms with Crippen molar-refractivity contribution in [1.82, 2.24) is 5.32 Å². The Hall–Kier alpha value is -2.08. The molecule has 6 heteroatoms. The molecule has 0 radical (unpaired) electrons. The molecule has 0 saturated heterocycles. The summed E-state index contributed by atoms with van der Waals surface area (Å²) in [6.45, 7) is 3.83. The molecule has 1 aromatic rings. The van der Waals surface area contributed by atoms with E-state index in [2.05, 4.69) is 5.32 Å². The third kappa shape index (κ3) is 6.27. The fourth-order valence-electron chi connectivity index (χ4n) is 1.86. The number of ether oxygens (including phenoxy) is 1. The van der Waals surface area contributed by atoms with E-state index < -0.39 is 24.2 Å². The molecule has 0 saturated carbocycles. The van der Waals surface area contributed by atoms with Crippen LogP contribution in [-0.2, 0) is 16.1 Å². The van der Waals surface area contributed by atoms with Gasteiger partial charge in [-0.15, -0.1) is 0 Å². The number of rotatable bonds is 7. The number of carbonyl (C=O) groups is 2. The summed E-state index contributed by atoms with van der Waals surface area (Å²) in [4.78, 5) is 22.5. The SMILES string of the molecule is CC(C)C[C@H](NC(=O)OCc1ccccc1)C(O)C(=O)O. The Morgan fingerprint density at radius 3 is 2.38 bits per heavy atom. The van der Waals surface area contributed by atoms with Crippen molar-refractivity contribution in [3.63, 3.8) is 0 Å². The van der Waals surface area contributed by atoms with Crippen LogP contribution in [-0.4, -0.2) is 34.4 Å². The van der Waals surface area contributed by atoms with E-state index in [1.54, 1.807) is 0 Å². The van der Waals surface area contributed by atoms with E-state index in [9.17, 15) is 14.7 Å². The predicted octanol–water partition coefficient (Wildman–Crippen LogP) is 1.77. The van der Waals surface area contributed by atoms with Crippen molar-refractivity contribution in [2.75, 3.05) is 0 Å². The van der Waals surface area contributed by atoms with E-state index >= 15 is 0 Å². The van der Waals surface area contributed by atoms with E-state index in [1.807, 2.05) is 44.2 Å². The lowest BCUT2D eigenvalue weighted by Gasteiger charge is -2.22. The third-order valence-corrected chi connectivity index (χ3v) is 2.88. The first-order valence-corrected chi connectivity index (χ1v) is 6.78. The van der Waals surface area contributed by atoms with Crippen molar-refractivity contribution in [3.05, 3.63) is 35.9 Å². The second-order valence-electron chi connectivity index (χ2n) is 5.23. The fourth-order valence-corrected chi connectivity index (χ4v) is 1.86. The summed E-state index contributed by atoms with van der Waals surface area (Å²) in [5, 5.41) is 20.9. The summed E-state index contributed by atoms with van der Waals surface area (Å²) in [5.41, 5.74) is 0.826. The van der Waals surface area contributed by atoms with Crippen LogP contribution in [0.25, 0.3) is 0 Å². The molecule has 0 aliphatic carbocycles. The summed E-state index contributed by atoms with van der Waals surface area (Å²) in [6, 6.07) is 8.24. The molecule has 0 bridgehead atoms. The Morgan fingerprint density at radius 2 is 1.86 bits per heavy atom. The number of carboxylic acids is 1. The summed E-state index contributed by atoms with van der Waals surface area (Å²) >= 11 is 0. The van der Waals surface area contributed by atoms with Crippen molar-refractivity contribution in [1.29, 1.82) is 0 Å². The van der Waals surface area contributed by atoms with Crippen molar-refractivity contribution >= 4 is 12.1 Å². The van der Waals surface area contributed by atoms with Gasteiger partial charge in [0.05, 0.1) is 6.04 Å². The predicted molar refractivity (Wildman–Crippen MR) is 76.6 cm³/mol. The van der Waals surface area contributed by atoms with Crippen LogP contribution in [0, 0.1) is 5.92 Å². The number of benzene rings is 1. The van der Waals surface area contributed by atoms with Crippen LogP contribution < -0.4 is 5.32 Å². The molecule has 3 N–H and O–H groups in total. The van der Waals surface area contributed by atoms with Crippen molar-refractivity contribution in [2.24, 2.45) is 5.92 Å². The van der Waals surface area contributed by atoms with Crippen molar-refractivity contribution in [2.45, 2.75) is 39.0 Å². The zero-order valence-electron chi connectivity index (χ0n) is 12.2. The highest BCUT2D eigenvalue weighted by Crippen LogP contribution is 2.09. The Bertz CT molecular complexity index is 460. The van der Waals surface area contributed by atoms with Crippen molar-refractivity contribution in [3.8, 4) is 0 Å². The summed E-state index contributed by atoms with van der Waals surface area (Å²) in [6.07, 6.45) is -2.06. The normalized spacial score (nSPS) is 13.5. The summed E-state index contributed by atoms with van der Waals surface area (Å²) in [7, 11) is 0. The van der Waals surface area contributed by atoms with Crippen LogP contribution in [0.3, 0.4) is 0 Å². The van der Waals surface area contributed by atoms with Gasteiger partial charge in [0.15, 0.2) is 6.10 Å². The van der Waals surface area contributed by atoms with E-state index in [0.717, 1.165) is 5.56 Å². The number of alkyl carbamates (subject to hydrolysis) is 1. The average Bonchev–Trinajstić information content (AvgIpc) is 2.44. The van der Waals surface area contributed by atoms with Crippen LogP contribution in [0.15, 0.2) is 30.3 Å². The zero-order valence-corrected chi connectivity index (χ0v) is 12.2. The molecule has 116 valence electrons. The number of hydrogen-bond acceptors (Lipinski definition) is 4. The minimum absolute atomic E-state index is 0.0875. The molecular weight excluding hydrogens is 274 g/mol. The van der Waals surface area contributed by atoms with Gasteiger partial charge in [0.1, 0.15) is 6.61 Å². The van der Waals surface area contributed by atoms with Gasteiger partial charge < -0.3 is 20.3 Å². The maximum atomic E-state index is 11.7. The van der Waals surface area contributed by atoms with Gasteiger partial charge in [0.2, 0.25) is 0 Å². The van der Waals surface area contributed by atoms with Gasteiger partial charge >= 0.3 is 12.1 Å². The first kappa shape index (κ1) is 17.0. The number of carboxylic acid groups (broad SMARTS) is 1. The Kier molecular flexibility index (Phi) is 6.68. The molecule has 0 heterocycles. The van der Waals surface area contributed by atoms with Gasteiger partial charge in [-0.1, -0.05) is 44.2 Å². The van der Waals surface area contributed by atoms with Crippen molar-refractivity contribution < 1.29 is 24.5 Å². The fraction of sp³-hybridized carbons (Fsp3) is 0.467. The molecule has 1 rings (SSSR count). The molecule has 0 aliphatic rings. The first-order valence-electron chi connectivity index (χ1n) is 6.78. The Labute approximate surface area is 123 Å². The molecule has 0 fully saturated rings. The minimum Gasteiger partial charge on any atom is -0.479 e. The number of carbonyl (C=O) groups excluding carboxylic acids is 1. The highest BCUT2D eigenvalue weighted by Gasteiger charge is 2.28. The average molecular weight is 295 g/mol. The van der Waals surface area contributed by atoms with Crippen LogP contribution in [0.4, 0.5) is 4.79 Å². The zero-order chi connectivity index (χ0) is 15.8. The maximum Gasteiger partial charge on any atom is 0.407 e. The second kappa shape index (κ2) is 8.26. The van der Waals surface area contributed by atoms with E-state index in [0.29, 0.717) is 6.42 Å². The van der Waals surface area contributed by atoms with Crippen LogP contribution >= 0.6 is 0 Å². The molecule has 1 amide bonds. The summed E-state index contributed by atoms with van der Waals surface area (Å²) in [5.74, 6) is -1.25. The number of nitrogens with one attached hydrogen (secondary N) is 1. The van der Waals surface area contributed by atoms with Gasteiger partial charge in [0.25, 0.3) is 0 Å². The van der Waals surface area contributed by atoms with Crippen LogP contribution in [0.1, 0.15) is 25.8 Å². The van der Waals surface area contributed by atoms with Gasteiger partial charge in [0, 0.05) is 0 Å². The molecule has 21 heavy (non-hydrogen) atoms. The molecule has 0 aliphatic heterocycles. The quantitative estimate of drug-likeness (QED) is 0.712. The van der Waals surface area contributed by atoms with Gasteiger partial charge in [-0.3, -0.25) is 0 Å². The number of aliphatic carboxylic acids is 1. The number of aliphatic hydroxyl groups excluding tert-OH is 1. The third-order valence-electron chi connectivity index (χ3n) is 2.88. The summed E-state index contributed by atoms with van der Waals surface area (Å²) < 4.78 is 5.02. The standard InChI is InChI=1S/C15H21NO5/c1-10(2)8-12(13(17)14(18)19)16-15(20)21-9-11-6-4-3-5-7-11/h3-7,10,12-13,17H,8-9H2,1-2H3,(H,16,20)(H,18,19)/t12-,13?/m0/s1. The first-order chi connectivity index (χ1) is 9.90. The molecule has 1 aromatic carbocycles. The lowest BCUT2D eigenvalue weighted by Crippen LogP contribution is -2.47. The molecule has 0 spiro atoms. The molecule has 1 unspecified atom stereocenters. The molecule has 6 nitrogen and oxygen atoms in total. The van der Waals surface area contributed by atoms with Gasteiger partial charge in [-0.05, 0) is 17.9 Å². The topological polar surface area (TPSA) is 95.9 Å². The van der Waals surface area contributed by atoms with Gasteiger partial charge in [-0.2, -0.15) is 0 Å². The highest BCUT2D eigenvalue weighted by atomic mass is 16.5. The van der Waals surface area contributed by atoms with E-state index in [4.69, 9.17) is 9.84 Å². The molecular formula is C15H21NO5. The lowest BCUT2D eigenvalue weighted by molar-refractivity contribution is -0.148. The molecule has 2 atom stereocenters. The minimum atomic E-state index is -1.66. The maximum absolute atomic E-state index is 11.7. The number of amides is 1. The van der Waals surface area contributed by atoms with Crippen LogP contribution in [0.5, 0.6) is 0 Å². The Balaban J connectivity index is 2.53. The van der Waals surface area contributed by atoms with E-state index in [-0.39, 0.29) is 12.5 Å². The smallest absolute Gasteiger partial charge is 0.407 e. The lowest BCUT2D eigenvalue weighted by atomic mass is 9.99. The number of hydrogen-bond donors (Lipinski definition) is 3. The largest absolute Gasteiger partial charge is 0.479 e. The monoisotopic (exact) mass is 295 g/mol. The number of aliphatic hydroxyl groups is 1. The Morgan fingerprint density at radius 1 is 1.24 bits per heavy atom. The van der Waals surface area contributed by atoms with Gasteiger partial charge in [-0.25, -0.2) is 9.59 Å². The second-order valence-corrected chi connectivity index (χ2v) is 5.23. The highest BCUT2D eigenvalue weighted by molar-refractivity contribution is 5.75. The molecule has 0 aromatic heterocycles.